The average Bonchev–Trinajstić information content (AvgIpc) is 3.42. The summed E-state index contributed by atoms with van der Waals surface area (Å²) in [6.07, 6.45) is 2.17. The van der Waals surface area contributed by atoms with E-state index in [4.69, 9.17) is 9.15 Å². The summed E-state index contributed by atoms with van der Waals surface area (Å²) >= 11 is 3.16. The number of nitrogens with one attached hydrogen (secondary N) is 1. The molecule has 7 nitrogen and oxygen atoms in total. The first-order valence-electron chi connectivity index (χ1n) is 8.52. The molecule has 0 aliphatic heterocycles. The molecule has 0 radical (unpaired) electrons. The van der Waals surface area contributed by atoms with Crippen LogP contribution in [0.4, 0.5) is 5.69 Å². The van der Waals surface area contributed by atoms with Gasteiger partial charge in [-0.3, -0.25) is 14.4 Å². The molecule has 1 aromatic carbocycles. The lowest BCUT2D eigenvalue weighted by atomic mass is 10.1. The molecule has 1 saturated carbocycles. The number of hydrogen-bond donors (Lipinski definition) is 1. The molecule has 0 unspecified atom stereocenters. The number of rotatable bonds is 7. The van der Waals surface area contributed by atoms with Crippen LogP contribution >= 0.6 is 15.9 Å². The van der Waals surface area contributed by atoms with E-state index in [1.54, 1.807) is 43.4 Å². The maximum Gasteiger partial charge on any atom is 0.325 e. The molecule has 0 saturated heterocycles. The van der Waals surface area contributed by atoms with Crippen LogP contribution in [0.1, 0.15) is 33.8 Å². The van der Waals surface area contributed by atoms with Crippen molar-refractivity contribution in [2.75, 3.05) is 25.1 Å². The van der Waals surface area contributed by atoms with Gasteiger partial charge in [0.15, 0.2) is 10.4 Å². The van der Waals surface area contributed by atoms with Gasteiger partial charge in [-0.2, -0.15) is 0 Å². The molecule has 1 heterocycles. The highest BCUT2D eigenvalue weighted by Crippen LogP contribution is 2.28. The van der Waals surface area contributed by atoms with E-state index in [9.17, 15) is 14.4 Å². The third-order valence-electron chi connectivity index (χ3n) is 4.17. The van der Waals surface area contributed by atoms with Crippen LogP contribution in [0.5, 0.6) is 0 Å². The molecule has 1 aliphatic rings. The van der Waals surface area contributed by atoms with Gasteiger partial charge < -0.3 is 19.4 Å². The van der Waals surface area contributed by atoms with Crippen LogP contribution in [-0.4, -0.2) is 38.0 Å². The predicted octanol–water partition coefficient (Wildman–Crippen LogP) is 3.00. The van der Waals surface area contributed by atoms with Crippen molar-refractivity contribution in [2.45, 2.75) is 12.8 Å². The molecule has 1 aliphatic carbocycles. The number of para-hydroxylation sites is 1. The van der Waals surface area contributed by atoms with Gasteiger partial charge in [0.25, 0.3) is 11.8 Å². The highest BCUT2D eigenvalue weighted by molar-refractivity contribution is 9.10. The van der Waals surface area contributed by atoms with Gasteiger partial charge in [-0.05, 0) is 59.0 Å². The SMILES string of the molecule is CN(C(=O)c1ccc(Br)o1)c1ccccc1C(=O)NCC(=O)OCC1CC1. The van der Waals surface area contributed by atoms with Gasteiger partial charge in [-0.1, -0.05) is 12.1 Å². The topological polar surface area (TPSA) is 88.9 Å². The molecular weight excluding hydrogens is 416 g/mol. The van der Waals surface area contributed by atoms with E-state index in [-0.39, 0.29) is 17.9 Å². The van der Waals surface area contributed by atoms with E-state index in [1.165, 1.54) is 4.90 Å². The molecule has 142 valence electrons. The smallest absolute Gasteiger partial charge is 0.325 e. The largest absolute Gasteiger partial charge is 0.464 e. The van der Waals surface area contributed by atoms with Crippen molar-refractivity contribution in [2.24, 2.45) is 5.92 Å². The van der Waals surface area contributed by atoms with Gasteiger partial charge >= 0.3 is 5.97 Å². The quantitative estimate of drug-likeness (QED) is 0.676. The minimum atomic E-state index is -0.474. The highest BCUT2D eigenvalue weighted by atomic mass is 79.9. The summed E-state index contributed by atoms with van der Waals surface area (Å²) in [6, 6.07) is 9.80. The first kappa shape index (κ1) is 19.2. The van der Waals surface area contributed by atoms with Gasteiger partial charge in [0, 0.05) is 7.05 Å². The lowest BCUT2D eigenvalue weighted by molar-refractivity contribution is -0.142. The van der Waals surface area contributed by atoms with E-state index in [1.807, 2.05) is 0 Å². The Bertz CT molecular complexity index is 859. The molecule has 0 spiro atoms. The van der Waals surface area contributed by atoms with Crippen LogP contribution in [0.3, 0.4) is 0 Å². The van der Waals surface area contributed by atoms with Crippen molar-refractivity contribution in [3.63, 3.8) is 0 Å². The predicted molar refractivity (Wildman–Crippen MR) is 102 cm³/mol. The van der Waals surface area contributed by atoms with Gasteiger partial charge in [0.2, 0.25) is 0 Å². The Labute approximate surface area is 164 Å². The fourth-order valence-electron chi connectivity index (χ4n) is 2.46. The van der Waals surface area contributed by atoms with Crippen LogP contribution in [-0.2, 0) is 9.53 Å². The van der Waals surface area contributed by atoms with Crippen molar-refractivity contribution in [3.8, 4) is 0 Å². The summed E-state index contributed by atoms with van der Waals surface area (Å²) in [5.74, 6) is -0.730. The molecule has 3 rings (SSSR count). The fraction of sp³-hybridized carbons (Fsp3) is 0.316. The Kier molecular flexibility index (Phi) is 5.95. The molecule has 2 aromatic rings. The number of nitrogens with zero attached hydrogens (tertiary/aromatic N) is 1. The van der Waals surface area contributed by atoms with Gasteiger partial charge in [-0.15, -0.1) is 0 Å². The number of furan rings is 1. The second kappa shape index (κ2) is 8.39. The Morgan fingerprint density at radius 1 is 1.22 bits per heavy atom. The van der Waals surface area contributed by atoms with E-state index in [0.29, 0.717) is 22.9 Å². The Morgan fingerprint density at radius 2 is 1.96 bits per heavy atom. The lowest BCUT2D eigenvalue weighted by Crippen LogP contribution is -2.33. The van der Waals surface area contributed by atoms with Crippen molar-refractivity contribution >= 4 is 39.4 Å². The number of carbonyl (C=O) groups is 3. The van der Waals surface area contributed by atoms with Crippen molar-refractivity contribution in [3.05, 3.63) is 52.4 Å². The zero-order valence-corrected chi connectivity index (χ0v) is 16.3. The van der Waals surface area contributed by atoms with Gasteiger partial charge in [-0.25, -0.2) is 0 Å². The van der Waals surface area contributed by atoms with Gasteiger partial charge in [0.05, 0.1) is 17.9 Å². The number of halogens is 1. The summed E-state index contributed by atoms with van der Waals surface area (Å²) in [4.78, 5) is 38.1. The second-order valence-electron chi connectivity index (χ2n) is 6.29. The number of hydrogen-bond acceptors (Lipinski definition) is 5. The van der Waals surface area contributed by atoms with E-state index < -0.39 is 17.8 Å². The monoisotopic (exact) mass is 434 g/mol. The average molecular weight is 435 g/mol. The molecule has 1 fully saturated rings. The maximum atomic E-state index is 12.6. The van der Waals surface area contributed by atoms with Crippen LogP contribution in [0, 0.1) is 5.92 Å². The Hall–Kier alpha value is -2.61. The molecule has 0 bridgehead atoms. The number of esters is 1. The number of benzene rings is 1. The van der Waals surface area contributed by atoms with Crippen molar-refractivity contribution in [1.82, 2.24) is 5.32 Å². The van der Waals surface area contributed by atoms with Gasteiger partial charge in [0.1, 0.15) is 6.54 Å². The highest BCUT2D eigenvalue weighted by Gasteiger charge is 2.24. The minimum absolute atomic E-state index is 0.142. The molecule has 27 heavy (non-hydrogen) atoms. The van der Waals surface area contributed by atoms with Crippen LogP contribution in [0.15, 0.2) is 45.5 Å². The minimum Gasteiger partial charge on any atom is -0.464 e. The van der Waals surface area contributed by atoms with Crippen LogP contribution in [0.2, 0.25) is 0 Å². The normalized spacial score (nSPS) is 13.1. The zero-order chi connectivity index (χ0) is 19.4. The standard InChI is InChI=1S/C19H19BrN2O5/c1-22(19(25)15-8-9-16(20)27-15)14-5-3-2-4-13(14)18(24)21-10-17(23)26-11-12-6-7-12/h2-5,8-9,12H,6-7,10-11H2,1H3,(H,21,24). The zero-order valence-electron chi connectivity index (χ0n) is 14.7. The second-order valence-corrected chi connectivity index (χ2v) is 7.08. The third kappa shape index (κ3) is 4.97. The summed E-state index contributed by atoms with van der Waals surface area (Å²) in [7, 11) is 1.55. The lowest BCUT2D eigenvalue weighted by Gasteiger charge is -2.19. The number of amides is 2. The molecule has 1 N–H and O–H groups in total. The molecule has 0 atom stereocenters. The first-order chi connectivity index (χ1) is 13.0. The van der Waals surface area contributed by atoms with Crippen LogP contribution < -0.4 is 10.2 Å². The summed E-state index contributed by atoms with van der Waals surface area (Å²) in [5.41, 5.74) is 0.674. The molecule has 2 amide bonds. The summed E-state index contributed by atoms with van der Waals surface area (Å²) in [6.45, 7) is 0.184. The summed E-state index contributed by atoms with van der Waals surface area (Å²) < 4.78 is 10.8. The fourth-order valence-corrected chi connectivity index (χ4v) is 2.76. The van der Waals surface area contributed by atoms with Crippen molar-refractivity contribution in [1.29, 1.82) is 0 Å². The van der Waals surface area contributed by atoms with E-state index in [0.717, 1.165) is 12.8 Å². The van der Waals surface area contributed by atoms with E-state index in [2.05, 4.69) is 21.2 Å². The summed E-state index contributed by atoms with van der Waals surface area (Å²) in [5, 5.41) is 2.54. The van der Waals surface area contributed by atoms with Crippen molar-refractivity contribution < 1.29 is 23.5 Å². The van der Waals surface area contributed by atoms with Crippen LogP contribution in [0.25, 0.3) is 0 Å². The van der Waals surface area contributed by atoms with E-state index >= 15 is 0 Å². The molecule has 1 aromatic heterocycles. The Balaban J connectivity index is 1.66. The number of carbonyl (C=O) groups excluding carboxylic acids is 3. The molecular formula is C19H19BrN2O5. The number of anilines is 1. The Morgan fingerprint density at radius 3 is 2.63 bits per heavy atom. The third-order valence-corrected chi connectivity index (χ3v) is 4.60. The molecule has 8 heteroatoms. The first-order valence-corrected chi connectivity index (χ1v) is 9.31. The maximum absolute atomic E-state index is 12.6. The number of ether oxygens (including phenoxy) is 1.